The molecule has 0 bridgehead atoms. The van der Waals surface area contributed by atoms with Crippen molar-refractivity contribution < 1.29 is 9.31 Å². The fourth-order valence-electron chi connectivity index (χ4n) is 1.64. The van der Waals surface area contributed by atoms with E-state index < -0.39 is 0 Å². The summed E-state index contributed by atoms with van der Waals surface area (Å²) in [6.07, 6.45) is 4.75. The first kappa shape index (κ1) is 12.1. The lowest BCUT2D eigenvalue weighted by molar-refractivity contribution is 0.00578. The van der Waals surface area contributed by atoms with Gasteiger partial charge in [-0.15, -0.1) is 0 Å². The molecule has 0 aromatic rings. The predicted molar refractivity (Wildman–Crippen MR) is 60.4 cm³/mol. The van der Waals surface area contributed by atoms with Crippen LogP contribution in [0.15, 0.2) is 0 Å². The van der Waals surface area contributed by atoms with E-state index in [9.17, 15) is 0 Å². The standard InChI is InChI=1S/C11H23BO2/c1-6-7-8-9-12-13-10(2,3)11(4,5)14-12/h6-9H2,1-5H3. The minimum absolute atomic E-state index is 0.00606. The summed E-state index contributed by atoms with van der Waals surface area (Å²) in [6.45, 7) is 10.6. The smallest absolute Gasteiger partial charge is 0.403 e. The summed E-state index contributed by atoms with van der Waals surface area (Å²) >= 11 is 0. The van der Waals surface area contributed by atoms with Crippen LogP contribution < -0.4 is 0 Å². The van der Waals surface area contributed by atoms with Crippen LogP contribution in [0.2, 0.25) is 6.32 Å². The molecule has 0 aromatic carbocycles. The molecular formula is C11H23BO2. The molecule has 1 aliphatic heterocycles. The van der Waals surface area contributed by atoms with E-state index in [1.54, 1.807) is 0 Å². The van der Waals surface area contributed by atoms with Gasteiger partial charge < -0.3 is 9.31 Å². The van der Waals surface area contributed by atoms with Crippen molar-refractivity contribution in [2.75, 3.05) is 0 Å². The Morgan fingerprint density at radius 3 is 1.86 bits per heavy atom. The number of hydrogen-bond donors (Lipinski definition) is 0. The van der Waals surface area contributed by atoms with Crippen molar-refractivity contribution in [2.24, 2.45) is 0 Å². The van der Waals surface area contributed by atoms with Crippen molar-refractivity contribution in [2.45, 2.75) is 71.4 Å². The normalized spacial score (nSPS) is 24.2. The highest BCUT2D eigenvalue weighted by Gasteiger charge is 2.50. The Kier molecular flexibility index (Phi) is 3.65. The molecule has 0 unspecified atom stereocenters. The van der Waals surface area contributed by atoms with Gasteiger partial charge in [0.2, 0.25) is 0 Å². The van der Waals surface area contributed by atoms with Gasteiger partial charge in [-0.1, -0.05) is 26.2 Å². The Morgan fingerprint density at radius 2 is 1.43 bits per heavy atom. The third-order valence-electron chi connectivity index (χ3n) is 3.35. The van der Waals surface area contributed by atoms with E-state index in [4.69, 9.17) is 9.31 Å². The average Bonchev–Trinajstić information content (AvgIpc) is 2.21. The summed E-state index contributed by atoms with van der Waals surface area (Å²) in [6, 6.07) is 0. The third-order valence-corrected chi connectivity index (χ3v) is 3.35. The first-order valence-electron chi connectivity index (χ1n) is 5.75. The molecule has 1 heterocycles. The van der Waals surface area contributed by atoms with Crippen LogP contribution in [0.4, 0.5) is 0 Å². The van der Waals surface area contributed by atoms with Gasteiger partial charge in [-0.05, 0) is 34.0 Å². The van der Waals surface area contributed by atoms with Crippen LogP contribution in [-0.4, -0.2) is 18.3 Å². The first-order chi connectivity index (χ1) is 6.39. The summed E-state index contributed by atoms with van der Waals surface area (Å²) in [7, 11) is 0.00606. The maximum Gasteiger partial charge on any atom is 0.457 e. The summed E-state index contributed by atoms with van der Waals surface area (Å²) in [5.41, 5.74) is -0.326. The van der Waals surface area contributed by atoms with E-state index >= 15 is 0 Å². The Bertz CT molecular complexity index is 174. The lowest BCUT2D eigenvalue weighted by Gasteiger charge is -2.32. The third kappa shape index (κ3) is 2.51. The second-order valence-corrected chi connectivity index (χ2v) is 5.18. The van der Waals surface area contributed by atoms with E-state index in [1.807, 2.05) is 0 Å². The molecule has 0 spiro atoms. The molecule has 1 fully saturated rings. The van der Waals surface area contributed by atoms with E-state index in [1.165, 1.54) is 19.3 Å². The summed E-state index contributed by atoms with van der Waals surface area (Å²) < 4.78 is 11.8. The van der Waals surface area contributed by atoms with Crippen molar-refractivity contribution in [3.8, 4) is 0 Å². The van der Waals surface area contributed by atoms with Crippen LogP contribution in [0.5, 0.6) is 0 Å². The molecule has 3 heteroatoms. The molecule has 1 aliphatic rings. The van der Waals surface area contributed by atoms with Gasteiger partial charge in [0.15, 0.2) is 0 Å². The highest BCUT2D eigenvalue weighted by Crippen LogP contribution is 2.38. The number of hydrogen-bond acceptors (Lipinski definition) is 2. The van der Waals surface area contributed by atoms with Crippen LogP contribution in [0.1, 0.15) is 53.9 Å². The van der Waals surface area contributed by atoms with Gasteiger partial charge in [-0.3, -0.25) is 0 Å². The first-order valence-corrected chi connectivity index (χ1v) is 5.75. The fourth-order valence-corrected chi connectivity index (χ4v) is 1.64. The van der Waals surface area contributed by atoms with Gasteiger partial charge in [-0.25, -0.2) is 0 Å². The quantitative estimate of drug-likeness (QED) is 0.509. The largest absolute Gasteiger partial charge is 0.457 e. The Morgan fingerprint density at radius 1 is 0.929 bits per heavy atom. The van der Waals surface area contributed by atoms with Gasteiger partial charge in [0.05, 0.1) is 11.2 Å². The lowest BCUT2D eigenvalue weighted by Crippen LogP contribution is -2.41. The molecule has 0 radical (unpaired) electrons. The Labute approximate surface area is 88.5 Å². The Hall–Kier alpha value is -0.0151. The van der Waals surface area contributed by atoms with Gasteiger partial charge in [0.1, 0.15) is 0 Å². The summed E-state index contributed by atoms with van der Waals surface area (Å²) in [4.78, 5) is 0. The second-order valence-electron chi connectivity index (χ2n) is 5.18. The van der Waals surface area contributed by atoms with Crippen molar-refractivity contribution in [3.05, 3.63) is 0 Å². The SMILES string of the molecule is CCCCCB1OC(C)(C)C(C)(C)O1. The maximum atomic E-state index is 5.89. The molecule has 82 valence electrons. The van der Waals surface area contributed by atoms with Gasteiger partial charge in [0, 0.05) is 0 Å². The molecule has 0 atom stereocenters. The van der Waals surface area contributed by atoms with Crippen LogP contribution in [-0.2, 0) is 9.31 Å². The average molecular weight is 198 g/mol. The number of rotatable bonds is 4. The zero-order chi connectivity index (χ0) is 10.8. The Balaban J connectivity index is 2.39. The van der Waals surface area contributed by atoms with Crippen molar-refractivity contribution >= 4 is 7.12 Å². The fraction of sp³-hybridized carbons (Fsp3) is 1.00. The minimum atomic E-state index is -0.163. The molecule has 0 N–H and O–H groups in total. The lowest BCUT2D eigenvalue weighted by atomic mass is 9.82. The topological polar surface area (TPSA) is 18.5 Å². The second kappa shape index (κ2) is 4.24. The molecule has 2 nitrogen and oxygen atoms in total. The van der Waals surface area contributed by atoms with Crippen molar-refractivity contribution in [1.29, 1.82) is 0 Å². The van der Waals surface area contributed by atoms with Gasteiger partial charge >= 0.3 is 7.12 Å². The zero-order valence-corrected chi connectivity index (χ0v) is 10.2. The molecule has 0 aromatic heterocycles. The monoisotopic (exact) mass is 198 g/mol. The van der Waals surface area contributed by atoms with Crippen molar-refractivity contribution in [3.63, 3.8) is 0 Å². The van der Waals surface area contributed by atoms with Crippen LogP contribution >= 0.6 is 0 Å². The molecule has 14 heavy (non-hydrogen) atoms. The molecule has 1 rings (SSSR count). The molecule has 0 amide bonds. The van der Waals surface area contributed by atoms with Gasteiger partial charge in [-0.2, -0.15) is 0 Å². The van der Waals surface area contributed by atoms with Crippen LogP contribution in [0, 0.1) is 0 Å². The molecule has 1 saturated heterocycles. The minimum Gasteiger partial charge on any atom is -0.403 e. The van der Waals surface area contributed by atoms with E-state index in [0.717, 1.165) is 6.32 Å². The van der Waals surface area contributed by atoms with Crippen LogP contribution in [0.25, 0.3) is 0 Å². The summed E-state index contributed by atoms with van der Waals surface area (Å²) in [5.74, 6) is 0. The van der Waals surface area contributed by atoms with Crippen molar-refractivity contribution in [1.82, 2.24) is 0 Å². The highest BCUT2D eigenvalue weighted by molar-refractivity contribution is 6.45. The number of unbranched alkanes of at least 4 members (excludes halogenated alkanes) is 2. The predicted octanol–water partition coefficient (Wildman–Crippen LogP) is 3.27. The molecule has 0 aliphatic carbocycles. The van der Waals surface area contributed by atoms with Gasteiger partial charge in [0.25, 0.3) is 0 Å². The zero-order valence-electron chi connectivity index (χ0n) is 10.2. The van der Waals surface area contributed by atoms with E-state index in [-0.39, 0.29) is 18.3 Å². The highest BCUT2D eigenvalue weighted by atomic mass is 16.7. The molecule has 0 saturated carbocycles. The van der Waals surface area contributed by atoms with Crippen LogP contribution in [0.3, 0.4) is 0 Å². The molecular weight excluding hydrogens is 175 g/mol. The maximum absolute atomic E-state index is 5.89. The van der Waals surface area contributed by atoms with E-state index in [2.05, 4.69) is 34.6 Å². The summed E-state index contributed by atoms with van der Waals surface area (Å²) in [5, 5.41) is 0. The van der Waals surface area contributed by atoms with E-state index in [0.29, 0.717) is 0 Å².